The van der Waals surface area contributed by atoms with Gasteiger partial charge in [0.15, 0.2) is 11.5 Å². The molecule has 33 heavy (non-hydrogen) atoms. The Balaban J connectivity index is 1.95. The van der Waals surface area contributed by atoms with E-state index in [9.17, 15) is 10.1 Å². The van der Waals surface area contributed by atoms with Gasteiger partial charge in [0.05, 0.1) is 38.8 Å². The van der Waals surface area contributed by atoms with E-state index in [0.717, 1.165) is 22.5 Å². The second-order valence-corrected chi connectivity index (χ2v) is 7.93. The summed E-state index contributed by atoms with van der Waals surface area (Å²) in [5.74, 6) is 0.766. The lowest BCUT2D eigenvalue weighted by Crippen LogP contribution is -2.13. The molecule has 0 spiro atoms. The van der Waals surface area contributed by atoms with E-state index in [1.165, 1.54) is 7.11 Å². The van der Waals surface area contributed by atoms with E-state index >= 15 is 0 Å². The first-order valence-corrected chi connectivity index (χ1v) is 10.7. The van der Waals surface area contributed by atoms with E-state index in [4.69, 9.17) is 30.5 Å². The fraction of sp³-hybridized carbons (Fsp3) is 0.280. The molecule has 2 heterocycles. The van der Waals surface area contributed by atoms with Gasteiger partial charge in [0.2, 0.25) is 0 Å². The van der Waals surface area contributed by atoms with Crippen LogP contribution < -0.4 is 9.47 Å². The van der Waals surface area contributed by atoms with Crippen LogP contribution in [0.4, 0.5) is 0 Å². The first-order chi connectivity index (χ1) is 16.0. The number of hydrogen-bond donors (Lipinski definition) is 0. The van der Waals surface area contributed by atoms with Gasteiger partial charge >= 0.3 is 5.97 Å². The quantitative estimate of drug-likeness (QED) is 0.468. The summed E-state index contributed by atoms with van der Waals surface area (Å²) in [7, 11) is 4.50. The highest BCUT2D eigenvalue weighted by Crippen LogP contribution is 2.47. The van der Waals surface area contributed by atoms with Crippen molar-refractivity contribution < 1.29 is 23.7 Å². The van der Waals surface area contributed by atoms with Gasteiger partial charge in [-0.1, -0.05) is 23.7 Å². The number of rotatable bonds is 6. The average Bonchev–Trinajstić information content (AvgIpc) is 3.21. The van der Waals surface area contributed by atoms with E-state index < -0.39 is 12.2 Å². The molecule has 0 amide bonds. The zero-order chi connectivity index (χ0) is 23.5. The number of para-hydroxylation sites is 1. The number of halogens is 1. The minimum Gasteiger partial charge on any atom is -0.493 e. The van der Waals surface area contributed by atoms with E-state index in [2.05, 4.69) is 6.07 Å². The molecule has 7 nitrogen and oxygen atoms in total. The Labute approximate surface area is 197 Å². The number of hydrogen-bond acceptors (Lipinski definition) is 6. The molecule has 0 aliphatic carbocycles. The molecule has 2 atom stereocenters. The molecule has 2 aromatic carbocycles. The Morgan fingerprint density at radius 2 is 1.94 bits per heavy atom. The van der Waals surface area contributed by atoms with Gasteiger partial charge in [0, 0.05) is 22.6 Å². The molecular formula is C25H23ClN2O5. The molecule has 0 N–H and O–H groups in total. The van der Waals surface area contributed by atoms with Crippen molar-refractivity contribution in [3.05, 3.63) is 76.1 Å². The van der Waals surface area contributed by atoms with Gasteiger partial charge in [-0.25, -0.2) is 0 Å². The van der Waals surface area contributed by atoms with E-state index in [1.54, 1.807) is 26.4 Å². The SMILES string of the molecule is COC(=O)CCC1OC(c2cccc(OC)c2OC)c2cc(Cl)ccc2-n2c(C#N)ccc21. The smallest absolute Gasteiger partial charge is 0.305 e. The van der Waals surface area contributed by atoms with Gasteiger partial charge in [-0.2, -0.15) is 5.26 Å². The minimum atomic E-state index is -0.599. The van der Waals surface area contributed by atoms with E-state index in [1.807, 2.05) is 41.0 Å². The second-order valence-electron chi connectivity index (χ2n) is 7.50. The summed E-state index contributed by atoms with van der Waals surface area (Å²) in [5, 5.41) is 10.3. The third-order valence-electron chi connectivity index (χ3n) is 5.72. The molecule has 170 valence electrons. The first-order valence-electron chi connectivity index (χ1n) is 10.4. The first kappa shape index (κ1) is 22.7. The van der Waals surface area contributed by atoms with Crippen molar-refractivity contribution in [1.82, 2.24) is 4.57 Å². The van der Waals surface area contributed by atoms with Crippen LogP contribution in [0.25, 0.3) is 5.69 Å². The maximum Gasteiger partial charge on any atom is 0.305 e. The summed E-state index contributed by atoms with van der Waals surface area (Å²) >= 11 is 6.40. The minimum absolute atomic E-state index is 0.160. The Morgan fingerprint density at radius 1 is 1.12 bits per heavy atom. The molecule has 8 heteroatoms. The topological polar surface area (TPSA) is 82.7 Å². The maximum atomic E-state index is 11.9. The van der Waals surface area contributed by atoms with Crippen LogP contribution in [0.1, 0.15) is 47.6 Å². The van der Waals surface area contributed by atoms with Crippen molar-refractivity contribution >= 4 is 17.6 Å². The van der Waals surface area contributed by atoms with Crippen LogP contribution in [-0.2, 0) is 14.3 Å². The molecule has 0 saturated heterocycles. The van der Waals surface area contributed by atoms with Gasteiger partial charge in [-0.15, -0.1) is 0 Å². The number of carbonyl (C=O) groups excluding carboxylic acids is 1. The van der Waals surface area contributed by atoms with Crippen LogP contribution in [0.15, 0.2) is 48.5 Å². The highest BCUT2D eigenvalue weighted by Gasteiger charge is 2.34. The van der Waals surface area contributed by atoms with Crippen molar-refractivity contribution in [3.63, 3.8) is 0 Å². The molecule has 0 saturated carbocycles. The van der Waals surface area contributed by atoms with Crippen LogP contribution in [0.3, 0.4) is 0 Å². The largest absolute Gasteiger partial charge is 0.493 e. The lowest BCUT2D eigenvalue weighted by molar-refractivity contribution is -0.141. The van der Waals surface area contributed by atoms with Gasteiger partial charge in [0.25, 0.3) is 0 Å². The summed E-state index contributed by atoms with van der Waals surface area (Å²) in [4.78, 5) is 11.9. The average molecular weight is 467 g/mol. The maximum absolute atomic E-state index is 11.9. The van der Waals surface area contributed by atoms with Gasteiger partial charge < -0.3 is 23.5 Å². The number of nitriles is 1. The van der Waals surface area contributed by atoms with Crippen LogP contribution in [0.2, 0.25) is 5.02 Å². The van der Waals surface area contributed by atoms with Crippen LogP contribution in [-0.4, -0.2) is 31.9 Å². The summed E-state index contributed by atoms with van der Waals surface area (Å²) < 4.78 is 24.6. The predicted octanol–water partition coefficient (Wildman–Crippen LogP) is 5.13. The highest BCUT2D eigenvalue weighted by atomic mass is 35.5. The van der Waals surface area contributed by atoms with Crippen LogP contribution >= 0.6 is 11.6 Å². The lowest BCUT2D eigenvalue weighted by atomic mass is 9.98. The molecule has 4 rings (SSSR count). The summed E-state index contributed by atoms with van der Waals surface area (Å²) in [6, 6.07) is 16.9. The molecule has 1 aliphatic heterocycles. The van der Waals surface area contributed by atoms with Gasteiger partial charge in [0.1, 0.15) is 17.9 Å². The molecule has 3 aromatic rings. The van der Waals surface area contributed by atoms with Crippen LogP contribution in [0.5, 0.6) is 11.5 Å². The molecule has 0 bridgehead atoms. The lowest BCUT2D eigenvalue weighted by Gasteiger charge is -2.25. The number of benzene rings is 2. The van der Waals surface area contributed by atoms with Crippen molar-refractivity contribution in [3.8, 4) is 23.3 Å². The summed E-state index contributed by atoms with van der Waals surface area (Å²) in [6.07, 6.45) is -0.574. The third kappa shape index (κ3) is 4.15. The Bertz CT molecular complexity index is 1230. The Kier molecular flexibility index (Phi) is 6.59. The predicted molar refractivity (Wildman–Crippen MR) is 122 cm³/mol. The fourth-order valence-corrected chi connectivity index (χ4v) is 4.41. The molecule has 0 radical (unpaired) electrons. The standard InChI is InChI=1S/C25H23ClN2O5/c1-30-22-6-4-5-17(25(22)32-3)24-18-13-15(26)7-9-19(18)28-16(14-27)8-10-20(28)21(33-24)11-12-23(29)31-2/h4-10,13,21,24H,11-12H2,1-3H3. The fourth-order valence-electron chi connectivity index (χ4n) is 4.23. The van der Waals surface area contributed by atoms with Gasteiger partial charge in [-0.05, 0) is 42.8 Å². The van der Waals surface area contributed by atoms with Crippen molar-refractivity contribution in [2.24, 2.45) is 0 Å². The third-order valence-corrected chi connectivity index (χ3v) is 5.96. The van der Waals surface area contributed by atoms with Crippen LogP contribution in [0, 0.1) is 11.3 Å². The van der Waals surface area contributed by atoms with Gasteiger partial charge in [-0.3, -0.25) is 4.79 Å². The highest BCUT2D eigenvalue weighted by molar-refractivity contribution is 6.30. The Morgan fingerprint density at radius 3 is 2.64 bits per heavy atom. The number of fused-ring (bicyclic) bond motifs is 3. The summed E-state index contributed by atoms with van der Waals surface area (Å²) in [5.41, 5.74) is 3.50. The molecule has 0 fully saturated rings. The molecule has 1 aromatic heterocycles. The normalized spacial score (nSPS) is 16.7. The number of nitrogens with zero attached hydrogens (tertiary/aromatic N) is 2. The number of esters is 1. The number of ether oxygens (including phenoxy) is 4. The second kappa shape index (κ2) is 9.57. The zero-order valence-corrected chi connectivity index (χ0v) is 19.3. The van der Waals surface area contributed by atoms with Crippen molar-refractivity contribution in [2.45, 2.75) is 25.0 Å². The van der Waals surface area contributed by atoms with E-state index in [0.29, 0.717) is 28.6 Å². The zero-order valence-electron chi connectivity index (χ0n) is 18.5. The Hall–Kier alpha value is -3.47. The molecule has 1 aliphatic rings. The monoisotopic (exact) mass is 466 g/mol. The van der Waals surface area contributed by atoms with Crippen molar-refractivity contribution in [2.75, 3.05) is 21.3 Å². The molecule has 2 unspecified atom stereocenters. The number of aromatic nitrogens is 1. The number of methoxy groups -OCH3 is 3. The number of carbonyl (C=O) groups is 1. The summed E-state index contributed by atoms with van der Waals surface area (Å²) in [6.45, 7) is 0. The molecular weight excluding hydrogens is 444 g/mol. The van der Waals surface area contributed by atoms with Crippen molar-refractivity contribution in [1.29, 1.82) is 5.26 Å². The van der Waals surface area contributed by atoms with E-state index in [-0.39, 0.29) is 12.4 Å².